The molecule has 0 radical (unpaired) electrons. The standard InChI is InChI=1S/C17H11Cl2F3O5.C13H12F3N5O5S/c1-8(15(23)24)26-16(25)11-7-10(3-4-12(11)18)27-14-5-2-9(6-13(14)19)17(20,21)22;1-25-8-6-9(26-2)19-11(18-8)20-12(22)21-27(23,24)10-7(13(14,15)16)4-3-5-17-10/h2-8H,1H3,(H,23,24);3-6H,1-2H3,(H2,18,19,20,21,22)/t8-;/m0./s1. The summed E-state index contributed by atoms with van der Waals surface area (Å²) in [5.41, 5.74) is -2.64. The summed E-state index contributed by atoms with van der Waals surface area (Å²) in [6, 6.07) is 7.64. The average molecular weight is 831 g/mol. The zero-order valence-corrected chi connectivity index (χ0v) is 29.6. The Morgan fingerprint density at radius 2 is 1.50 bits per heavy atom. The van der Waals surface area contributed by atoms with Crippen LogP contribution in [0.1, 0.15) is 28.4 Å². The number of alkyl halides is 6. The number of aliphatic carboxylic acids is 1. The number of sulfonamides is 1. The number of urea groups is 1. The second kappa shape index (κ2) is 17.5. The summed E-state index contributed by atoms with van der Waals surface area (Å²) in [5.74, 6) is -2.81. The fourth-order valence-corrected chi connectivity index (χ4v) is 5.15. The van der Waals surface area contributed by atoms with Crippen molar-refractivity contribution in [3.8, 4) is 23.3 Å². The summed E-state index contributed by atoms with van der Waals surface area (Å²) in [4.78, 5) is 45.3. The number of anilines is 1. The molecule has 0 spiro atoms. The number of carboxylic acids is 1. The molecule has 0 aliphatic rings. The molecule has 15 nitrogen and oxygen atoms in total. The minimum absolute atomic E-state index is 0.0101. The number of ether oxygens (including phenoxy) is 4. The number of nitrogens with zero attached hydrogens (tertiary/aromatic N) is 3. The molecule has 4 aromatic rings. The van der Waals surface area contributed by atoms with E-state index in [0.29, 0.717) is 12.1 Å². The van der Waals surface area contributed by atoms with E-state index < -0.39 is 68.6 Å². The highest BCUT2D eigenvalue weighted by molar-refractivity contribution is 7.90. The maximum Gasteiger partial charge on any atom is 0.419 e. The van der Waals surface area contributed by atoms with Crippen LogP contribution in [0.2, 0.25) is 10.0 Å². The van der Waals surface area contributed by atoms with E-state index in [1.807, 2.05) is 5.32 Å². The SMILES string of the molecule is COc1cc(OC)nc(NC(=O)NS(=O)(=O)c2ncccc2C(F)(F)F)n1.C[C@H](OC(=O)c1cc(Oc2ccc(C(F)(F)F)cc2Cl)ccc1Cl)C(=O)O. The van der Waals surface area contributed by atoms with Gasteiger partial charge in [0.25, 0.3) is 10.0 Å². The van der Waals surface area contributed by atoms with Gasteiger partial charge in [0.1, 0.15) is 11.5 Å². The van der Waals surface area contributed by atoms with Crippen LogP contribution in [0.3, 0.4) is 0 Å². The van der Waals surface area contributed by atoms with Gasteiger partial charge in [-0.05, 0) is 55.5 Å². The molecule has 54 heavy (non-hydrogen) atoms. The summed E-state index contributed by atoms with van der Waals surface area (Å²) in [6.07, 6.45) is -10.1. The van der Waals surface area contributed by atoms with Crippen LogP contribution >= 0.6 is 23.2 Å². The third kappa shape index (κ3) is 11.7. The summed E-state index contributed by atoms with van der Waals surface area (Å²) < 4.78 is 122. The number of halogens is 8. The first kappa shape index (κ1) is 42.8. The van der Waals surface area contributed by atoms with Crippen LogP contribution in [0.25, 0.3) is 0 Å². The number of hydrogen-bond acceptors (Lipinski definition) is 12. The lowest BCUT2D eigenvalue weighted by molar-refractivity contribution is -0.146. The summed E-state index contributed by atoms with van der Waals surface area (Å²) in [5, 5.41) is 9.07. The third-order valence-electron chi connectivity index (χ3n) is 6.16. The topological polar surface area (TPSA) is 205 Å². The number of methoxy groups -OCH3 is 2. The molecule has 3 N–H and O–H groups in total. The van der Waals surface area contributed by atoms with Crippen LogP contribution < -0.4 is 24.2 Å². The number of pyridine rings is 1. The van der Waals surface area contributed by atoms with Crippen LogP contribution in [0.5, 0.6) is 23.3 Å². The minimum Gasteiger partial charge on any atom is -0.481 e. The average Bonchev–Trinajstić information content (AvgIpc) is 3.08. The molecule has 0 aliphatic carbocycles. The number of amides is 2. The first-order chi connectivity index (χ1) is 25.0. The number of hydrogen-bond donors (Lipinski definition) is 3. The molecule has 1 atom stereocenters. The fraction of sp³-hybridized carbons (Fsp3) is 0.200. The van der Waals surface area contributed by atoms with Gasteiger partial charge in [-0.15, -0.1) is 0 Å². The maximum absolute atomic E-state index is 12.9. The van der Waals surface area contributed by atoms with Crippen molar-refractivity contribution in [3.63, 3.8) is 0 Å². The highest BCUT2D eigenvalue weighted by atomic mass is 35.5. The minimum atomic E-state index is -4.99. The van der Waals surface area contributed by atoms with Gasteiger partial charge in [0, 0.05) is 6.20 Å². The molecule has 0 saturated heterocycles. The van der Waals surface area contributed by atoms with Gasteiger partial charge in [0.05, 0.1) is 47.0 Å². The molecule has 0 fully saturated rings. The van der Waals surface area contributed by atoms with Crippen LogP contribution in [0.15, 0.2) is 65.8 Å². The van der Waals surface area contributed by atoms with Gasteiger partial charge >= 0.3 is 30.3 Å². The second-order valence-corrected chi connectivity index (χ2v) is 12.4. The van der Waals surface area contributed by atoms with Crippen LogP contribution in [-0.4, -0.2) is 66.8 Å². The molecule has 4 rings (SSSR count). The number of esters is 1. The summed E-state index contributed by atoms with van der Waals surface area (Å²) >= 11 is 11.7. The number of carboxylic acid groups (broad SMARTS) is 1. The first-order valence-electron chi connectivity index (χ1n) is 14.2. The van der Waals surface area contributed by atoms with Gasteiger partial charge in [-0.1, -0.05) is 23.2 Å². The fourth-order valence-electron chi connectivity index (χ4n) is 3.67. The Hall–Kier alpha value is -5.61. The van der Waals surface area contributed by atoms with Gasteiger partial charge in [-0.3, -0.25) is 5.32 Å². The van der Waals surface area contributed by atoms with E-state index in [2.05, 4.69) is 15.0 Å². The Bertz CT molecular complexity index is 2120. The van der Waals surface area contributed by atoms with Crippen molar-refractivity contribution in [1.29, 1.82) is 0 Å². The van der Waals surface area contributed by atoms with E-state index in [9.17, 15) is 49.1 Å². The number of nitrogens with one attached hydrogen (secondary N) is 2. The number of carbonyl (C=O) groups is 3. The summed E-state index contributed by atoms with van der Waals surface area (Å²) in [6.45, 7) is 1.16. The van der Waals surface area contributed by atoms with Crippen LogP contribution in [0, 0.1) is 0 Å². The third-order valence-corrected chi connectivity index (χ3v) is 8.07. The Morgan fingerprint density at radius 3 is 2.04 bits per heavy atom. The smallest absolute Gasteiger partial charge is 0.419 e. The van der Waals surface area contributed by atoms with E-state index >= 15 is 0 Å². The molecule has 290 valence electrons. The van der Waals surface area contributed by atoms with Gasteiger partial charge in [0.2, 0.25) is 17.7 Å². The van der Waals surface area contributed by atoms with E-state index in [1.165, 1.54) is 37.1 Å². The molecule has 0 aliphatic heterocycles. The molecule has 2 heterocycles. The number of aromatic nitrogens is 3. The Labute approximate surface area is 310 Å². The Kier molecular flexibility index (Phi) is 13.9. The van der Waals surface area contributed by atoms with Crippen molar-refractivity contribution >= 4 is 57.1 Å². The predicted octanol–water partition coefficient (Wildman–Crippen LogP) is 6.85. The van der Waals surface area contributed by atoms with E-state index in [0.717, 1.165) is 37.4 Å². The lowest BCUT2D eigenvalue weighted by Gasteiger charge is -2.13. The number of carbonyl (C=O) groups excluding carboxylic acids is 2. The Morgan fingerprint density at radius 1 is 0.870 bits per heavy atom. The molecule has 0 saturated carbocycles. The lowest BCUT2D eigenvalue weighted by Crippen LogP contribution is -2.36. The molecule has 0 bridgehead atoms. The highest BCUT2D eigenvalue weighted by Gasteiger charge is 2.39. The van der Waals surface area contributed by atoms with E-state index in [-0.39, 0.29) is 38.9 Å². The number of benzene rings is 2. The monoisotopic (exact) mass is 829 g/mol. The quantitative estimate of drug-likeness (QED) is 0.111. The van der Waals surface area contributed by atoms with Crippen LogP contribution in [-0.2, 0) is 31.9 Å². The highest BCUT2D eigenvalue weighted by Crippen LogP contribution is 2.37. The zero-order valence-electron chi connectivity index (χ0n) is 27.2. The van der Waals surface area contributed by atoms with E-state index in [4.69, 9.17) is 47.3 Å². The molecule has 2 amide bonds. The molecule has 0 unspecified atom stereocenters. The molecular weight excluding hydrogens is 807 g/mol. The molecule has 2 aromatic heterocycles. The van der Waals surface area contributed by atoms with E-state index in [1.54, 1.807) is 0 Å². The summed E-state index contributed by atoms with van der Waals surface area (Å²) in [7, 11) is -2.39. The predicted molar refractivity (Wildman–Crippen MR) is 174 cm³/mol. The van der Waals surface area contributed by atoms with Crippen molar-refractivity contribution in [2.45, 2.75) is 30.4 Å². The van der Waals surface area contributed by atoms with Crippen molar-refractivity contribution < 1.29 is 73.2 Å². The second-order valence-electron chi connectivity index (χ2n) is 9.96. The molecular formula is C30H23Cl2F6N5O10S. The van der Waals surface area contributed by atoms with Crippen molar-refractivity contribution in [2.24, 2.45) is 0 Å². The largest absolute Gasteiger partial charge is 0.481 e. The van der Waals surface area contributed by atoms with Crippen LogP contribution in [0.4, 0.5) is 37.1 Å². The Balaban J connectivity index is 0.000000290. The molecule has 2 aromatic carbocycles. The number of rotatable bonds is 10. The van der Waals surface area contributed by atoms with Gasteiger partial charge in [-0.2, -0.15) is 44.7 Å². The molecule has 24 heteroatoms. The zero-order chi connectivity index (χ0) is 40.6. The van der Waals surface area contributed by atoms with Gasteiger partial charge in [0.15, 0.2) is 11.1 Å². The van der Waals surface area contributed by atoms with Crippen molar-refractivity contribution in [2.75, 3.05) is 19.5 Å². The lowest BCUT2D eigenvalue weighted by atomic mass is 10.2. The normalized spacial score (nSPS) is 12.0. The van der Waals surface area contributed by atoms with Gasteiger partial charge < -0.3 is 24.1 Å². The maximum atomic E-state index is 12.9. The first-order valence-corrected chi connectivity index (χ1v) is 16.4. The van der Waals surface area contributed by atoms with Crippen molar-refractivity contribution in [3.05, 3.63) is 87.5 Å². The van der Waals surface area contributed by atoms with Gasteiger partial charge in [-0.25, -0.2) is 24.1 Å². The van der Waals surface area contributed by atoms with Crippen molar-refractivity contribution in [1.82, 2.24) is 19.7 Å².